The lowest BCUT2D eigenvalue weighted by molar-refractivity contribution is -0.0344. The van der Waals surface area contributed by atoms with E-state index in [1.807, 2.05) is 24.0 Å². The average Bonchev–Trinajstić information content (AvgIpc) is 3.10. The molecule has 0 aliphatic carbocycles. The van der Waals surface area contributed by atoms with Crippen LogP contribution in [-0.2, 0) is 11.8 Å². The Bertz CT molecular complexity index is 690. The number of carbonyl (C=O) groups excluding carboxylic acids is 1. The van der Waals surface area contributed by atoms with Gasteiger partial charge in [0.2, 0.25) is 0 Å². The number of hydrogen-bond acceptors (Lipinski definition) is 4. The van der Waals surface area contributed by atoms with Crippen molar-refractivity contribution in [2.24, 2.45) is 13.0 Å². The van der Waals surface area contributed by atoms with Gasteiger partial charge in [0.15, 0.2) is 0 Å². The van der Waals surface area contributed by atoms with Gasteiger partial charge in [0.05, 0.1) is 18.9 Å². The predicted octanol–water partition coefficient (Wildman–Crippen LogP) is 1.15. The number of imidazole rings is 1. The molecular formula is C17H27N5O2. The topological polar surface area (TPSA) is 63.8 Å². The summed E-state index contributed by atoms with van der Waals surface area (Å²) >= 11 is 0. The van der Waals surface area contributed by atoms with Gasteiger partial charge in [-0.05, 0) is 12.3 Å². The van der Waals surface area contributed by atoms with Gasteiger partial charge in [0.25, 0.3) is 5.91 Å². The van der Waals surface area contributed by atoms with Crippen molar-refractivity contribution in [3.8, 4) is 0 Å². The van der Waals surface area contributed by atoms with E-state index in [4.69, 9.17) is 4.74 Å². The van der Waals surface area contributed by atoms with Crippen LogP contribution in [0.5, 0.6) is 0 Å². The summed E-state index contributed by atoms with van der Waals surface area (Å²) in [5.74, 6) is 0.583. The maximum Gasteiger partial charge on any atom is 0.256 e. The summed E-state index contributed by atoms with van der Waals surface area (Å²) < 4.78 is 9.44. The second kappa shape index (κ2) is 7.36. The zero-order valence-corrected chi connectivity index (χ0v) is 14.7. The number of fused-ring (bicyclic) bond motifs is 1. The van der Waals surface area contributed by atoms with E-state index in [-0.39, 0.29) is 12.0 Å². The fraction of sp³-hybridized carbons (Fsp3) is 0.647. The van der Waals surface area contributed by atoms with Crippen LogP contribution in [0.15, 0.2) is 18.6 Å². The normalized spacial score (nSPS) is 19.2. The minimum atomic E-state index is -0.0818. The summed E-state index contributed by atoms with van der Waals surface area (Å²) in [5.41, 5.74) is 1.41. The molecule has 0 saturated carbocycles. The molecule has 1 aliphatic heterocycles. The lowest BCUT2D eigenvalue weighted by atomic mass is 10.1. The Kier molecular flexibility index (Phi) is 5.20. The smallest absolute Gasteiger partial charge is 0.256 e. The molecule has 2 aromatic heterocycles. The summed E-state index contributed by atoms with van der Waals surface area (Å²) in [6.45, 7) is 8.92. The molecule has 7 nitrogen and oxygen atoms in total. The number of amides is 1. The molecule has 1 saturated heterocycles. The number of morpholine rings is 1. The van der Waals surface area contributed by atoms with Crippen LogP contribution in [0.4, 0.5) is 0 Å². The zero-order valence-electron chi connectivity index (χ0n) is 14.7. The Morgan fingerprint density at radius 3 is 3.08 bits per heavy atom. The summed E-state index contributed by atoms with van der Waals surface area (Å²) in [4.78, 5) is 14.8. The summed E-state index contributed by atoms with van der Waals surface area (Å²) in [6.07, 6.45) is 6.37. The van der Waals surface area contributed by atoms with Gasteiger partial charge in [-0.25, -0.2) is 4.52 Å². The molecular weight excluding hydrogens is 306 g/mol. The van der Waals surface area contributed by atoms with Gasteiger partial charge >= 0.3 is 0 Å². The molecule has 1 unspecified atom stereocenters. The highest BCUT2D eigenvalue weighted by Gasteiger charge is 2.21. The molecule has 132 valence electrons. The number of rotatable bonds is 6. The van der Waals surface area contributed by atoms with Crippen LogP contribution < -0.4 is 5.32 Å². The molecule has 0 aromatic carbocycles. The van der Waals surface area contributed by atoms with Crippen molar-refractivity contribution in [3.63, 3.8) is 0 Å². The van der Waals surface area contributed by atoms with Gasteiger partial charge in [-0.15, -0.1) is 0 Å². The number of nitrogens with one attached hydrogen (secondary N) is 1. The van der Waals surface area contributed by atoms with Crippen LogP contribution in [0.3, 0.4) is 0 Å². The second-order valence-corrected chi connectivity index (χ2v) is 6.93. The first-order valence-corrected chi connectivity index (χ1v) is 8.65. The van der Waals surface area contributed by atoms with Crippen LogP contribution in [0.2, 0.25) is 0 Å². The maximum atomic E-state index is 12.4. The zero-order chi connectivity index (χ0) is 17.1. The Morgan fingerprint density at radius 2 is 2.29 bits per heavy atom. The van der Waals surface area contributed by atoms with Gasteiger partial charge in [-0.3, -0.25) is 9.69 Å². The van der Waals surface area contributed by atoms with Crippen LogP contribution in [0, 0.1) is 5.92 Å². The molecule has 1 amide bonds. The first-order chi connectivity index (χ1) is 11.5. The Morgan fingerprint density at radius 1 is 1.46 bits per heavy atom. The Balaban J connectivity index is 1.49. The minimum Gasteiger partial charge on any atom is -0.375 e. The molecule has 7 heteroatoms. The van der Waals surface area contributed by atoms with Gasteiger partial charge in [-0.2, -0.15) is 5.10 Å². The third kappa shape index (κ3) is 3.79. The highest BCUT2D eigenvalue weighted by atomic mass is 16.5. The van der Waals surface area contributed by atoms with Gasteiger partial charge in [0, 0.05) is 45.6 Å². The first-order valence-electron chi connectivity index (χ1n) is 8.65. The van der Waals surface area contributed by atoms with E-state index in [1.165, 1.54) is 0 Å². The number of nitrogens with zero attached hydrogens (tertiary/aromatic N) is 4. The molecule has 3 heterocycles. The van der Waals surface area contributed by atoms with E-state index in [0.717, 1.165) is 38.3 Å². The van der Waals surface area contributed by atoms with Crippen molar-refractivity contribution in [2.75, 3.05) is 32.8 Å². The number of hydrogen-bond donors (Lipinski definition) is 1. The van der Waals surface area contributed by atoms with Crippen LogP contribution in [0.25, 0.3) is 5.65 Å². The lowest BCUT2D eigenvalue weighted by Gasteiger charge is -2.34. The fourth-order valence-electron chi connectivity index (χ4n) is 3.29. The Hall–Kier alpha value is -1.86. The van der Waals surface area contributed by atoms with E-state index in [9.17, 15) is 4.79 Å². The third-order valence-corrected chi connectivity index (χ3v) is 4.38. The number of carbonyl (C=O) groups is 1. The van der Waals surface area contributed by atoms with Crippen molar-refractivity contribution in [3.05, 3.63) is 24.2 Å². The fourth-order valence-corrected chi connectivity index (χ4v) is 3.29. The number of ether oxygens (including phenoxy) is 1. The molecule has 0 spiro atoms. The molecule has 1 N–H and O–H groups in total. The van der Waals surface area contributed by atoms with Crippen LogP contribution >= 0.6 is 0 Å². The standard InChI is InChI=1S/C17H27N5O2/c1-13(2)11-21-8-9-24-14(12-21)4-5-18-16(23)15-10-19-22-7-6-20(3)17(15)22/h6-7,10,13-14H,4-5,8-9,11-12H2,1-3H3,(H,18,23). The predicted molar refractivity (Wildman–Crippen MR) is 92.1 cm³/mol. The highest BCUT2D eigenvalue weighted by molar-refractivity contribution is 5.99. The van der Waals surface area contributed by atoms with Crippen molar-refractivity contribution in [2.45, 2.75) is 26.4 Å². The van der Waals surface area contributed by atoms with E-state index < -0.39 is 0 Å². The van der Waals surface area contributed by atoms with Gasteiger partial charge in [-0.1, -0.05) is 13.8 Å². The summed E-state index contributed by atoms with van der Waals surface area (Å²) in [6, 6.07) is 0. The molecule has 1 aliphatic rings. The van der Waals surface area contributed by atoms with E-state index >= 15 is 0 Å². The second-order valence-electron chi connectivity index (χ2n) is 6.93. The van der Waals surface area contributed by atoms with Crippen molar-refractivity contribution < 1.29 is 9.53 Å². The largest absolute Gasteiger partial charge is 0.375 e. The molecule has 2 aromatic rings. The summed E-state index contributed by atoms with van der Waals surface area (Å²) in [5, 5.41) is 7.19. The van der Waals surface area contributed by atoms with Gasteiger partial charge in [0.1, 0.15) is 11.2 Å². The van der Waals surface area contributed by atoms with E-state index in [1.54, 1.807) is 10.7 Å². The molecule has 1 fully saturated rings. The van der Waals surface area contributed by atoms with Crippen molar-refractivity contribution >= 4 is 11.6 Å². The Labute approximate surface area is 142 Å². The SMILES string of the molecule is CC(C)CN1CCOC(CCNC(=O)c2cnn3ccn(C)c23)C1. The van der Waals surface area contributed by atoms with Crippen LogP contribution in [0.1, 0.15) is 30.6 Å². The van der Waals surface area contributed by atoms with Crippen molar-refractivity contribution in [1.29, 1.82) is 0 Å². The number of aromatic nitrogens is 3. The highest BCUT2D eigenvalue weighted by Crippen LogP contribution is 2.12. The van der Waals surface area contributed by atoms with E-state index in [0.29, 0.717) is 18.0 Å². The molecule has 24 heavy (non-hydrogen) atoms. The van der Waals surface area contributed by atoms with Crippen LogP contribution in [-0.4, -0.2) is 63.9 Å². The average molecular weight is 333 g/mol. The first kappa shape index (κ1) is 17.0. The quantitative estimate of drug-likeness (QED) is 0.861. The molecule has 3 rings (SSSR count). The van der Waals surface area contributed by atoms with Gasteiger partial charge < -0.3 is 14.6 Å². The minimum absolute atomic E-state index is 0.0818. The molecule has 1 atom stereocenters. The monoisotopic (exact) mass is 333 g/mol. The lowest BCUT2D eigenvalue weighted by Crippen LogP contribution is -2.45. The third-order valence-electron chi connectivity index (χ3n) is 4.38. The molecule has 0 bridgehead atoms. The van der Waals surface area contributed by atoms with E-state index in [2.05, 4.69) is 29.2 Å². The molecule has 0 radical (unpaired) electrons. The number of aryl methyl sites for hydroxylation is 1. The summed E-state index contributed by atoms with van der Waals surface area (Å²) in [7, 11) is 1.91. The maximum absolute atomic E-state index is 12.4. The van der Waals surface area contributed by atoms with Crippen molar-refractivity contribution in [1.82, 2.24) is 24.4 Å².